The minimum atomic E-state index is -1.44. The average molecular weight is 335 g/mol. The van der Waals surface area contributed by atoms with E-state index in [1.165, 1.54) is 0 Å². The molecule has 0 saturated carbocycles. The Morgan fingerprint density at radius 2 is 1.84 bits per heavy atom. The molecule has 5 nitrogen and oxygen atoms in total. The van der Waals surface area contributed by atoms with E-state index in [0.717, 1.165) is 22.4 Å². The van der Waals surface area contributed by atoms with Crippen LogP contribution in [0.3, 0.4) is 0 Å². The standard InChI is InChI=1S/C20H17NO4/c1-2-10-21-17-9-5-8-15(16(17)12-19(21)23)14-7-4-3-6-13(14)11-18(22)20(24)25/h2-9H,1,10-12H2,(H,24,25). The topological polar surface area (TPSA) is 74.7 Å². The first-order valence-electron chi connectivity index (χ1n) is 7.90. The van der Waals surface area contributed by atoms with Gasteiger partial charge in [-0.25, -0.2) is 4.79 Å². The summed E-state index contributed by atoms with van der Waals surface area (Å²) in [6.07, 6.45) is 1.78. The number of ketones is 1. The van der Waals surface area contributed by atoms with Crippen LogP contribution < -0.4 is 4.90 Å². The van der Waals surface area contributed by atoms with E-state index in [0.29, 0.717) is 12.1 Å². The second kappa shape index (κ2) is 6.73. The molecule has 0 aliphatic carbocycles. The number of hydrogen-bond donors (Lipinski definition) is 1. The van der Waals surface area contributed by atoms with E-state index in [9.17, 15) is 14.4 Å². The molecule has 1 aliphatic heterocycles. The van der Waals surface area contributed by atoms with Crippen molar-refractivity contribution in [3.05, 3.63) is 66.2 Å². The van der Waals surface area contributed by atoms with Crippen LogP contribution in [0.4, 0.5) is 5.69 Å². The fourth-order valence-corrected chi connectivity index (χ4v) is 3.16. The quantitative estimate of drug-likeness (QED) is 0.650. The number of nitrogens with zero attached hydrogens (tertiary/aromatic N) is 1. The van der Waals surface area contributed by atoms with Gasteiger partial charge in [-0.2, -0.15) is 0 Å². The van der Waals surface area contributed by atoms with Crippen molar-refractivity contribution in [1.29, 1.82) is 0 Å². The molecule has 0 aromatic heterocycles. The summed E-state index contributed by atoms with van der Waals surface area (Å²) < 4.78 is 0. The van der Waals surface area contributed by atoms with Gasteiger partial charge in [0.25, 0.3) is 0 Å². The third-order valence-corrected chi connectivity index (χ3v) is 4.28. The summed E-state index contributed by atoms with van der Waals surface area (Å²) in [5.41, 5.74) is 4.00. The van der Waals surface area contributed by atoms with Crippen LogP contribution in [0.5, 0.6) is 0 Å². The Labute approximate surface area is 145 Å². The molecule has 1 aliphatic rings. The van der Waals surface area contributed by atoms with E-state index in [1.54, 1.807) is 23.1 Å². The van der Waals surface area contributed by atoms with Crippen LogP contribution in [0.15, 0.2) is 55.1 Å². The Morgan fingerprint density at radius 1 is 1.12 bits per heavy atom. The van der Waals surface area contributed by atoms with Gasteiger partial charge in [0.05, 0.1) is 6.42 Å². The lowest BCUT2D eigenvalue weighted by atomic mass is 9.92. The van der Waals surface area contributed by atoms with Crippen molar-refractivity contribution >= 4 is 23.3 Å². The highest BCUT2D eigenvalue weighted by Gasteiger charge is 2.29. The van der Waals surface area contributed by atoms with Crippen molar-refractivity contribution in [3.63, 3.8) is 0 Å². The number of carboxylic acid groups (broad SMARTS) is 1. The minimum Gasteiger partial charge on any atom is -0.475 e. The number of hydrogen-bond acceptors (Lipinski definition) is 3. The number of carbonyl (C=O) groups is 3. The lowest BCUT2D eigenvalue weighted by molar-refractivity contribution is -0.148. The molecule has 1 amide bonds. The molecule has 1 N–H and O–H groups in total. The molecule has 1 heterocycles. The van der Waals surface area contributed by atoms with Crippen LogP contribution in [-0.4, -0.2) is 29.3 Å². The molecule has 0 spiro atoms. The van der Waals surface area contributed by atoms with Crippen molar-refractivity contribution in [2.24, 2.45) is 0 Å². The van der Waals surface area contributed by atoms with E-state index in [-0.39, 0.29) is 18.7 Å². The lowest BCUT2D eigenvalue weighted by Crippen LogP contribution is -2.26. The molecule has 0 atom stereocenters. The summed E-state index contributed by atoms with van der Waals surface area (Å²) >= 11 is 0. The molecule has 25 heavy (non-hydrogen) atoms. The maximum absolute atomic E-state index is 12.3. The van der Waals surface area contributed by atoms with Gasteiger partial charge in [0.15, 0.2) is 0 Å². The summed E-state index contributed by atoms with van der Waals surface area (Å²) in [6, 6.07) is 12.8. The lowest BCUT2D eigenvalue weighted by Gasteiger charge is -2.16. The van der Waals surface area contributed by atoms with Gasteiger partial charge in [-0.15, -0.1) is 6.58 Å². The molecule has 0 unspecified atom stereocenters. The van der Waals surface area contributed by atoms with Gasteiger partial charge in [0.1, 0.15) is 0 Å². The number of benzene rings is 2. The molecule has 2 aromatic rings. The Balaban J connectivity index is 2.08. The van der Waals surface area contributed by atoms with Crippen molar-refractivity contribution in [1.82, 2.24) is 0 Å². The molecule has 3 rings (SSSR count). The van der Waals surface area contributed by atoms with Gasteiger partial charge in [-0.1, -0.05) is 42.5 Å². The highest BCUT2D eigenvalue weighted by Crippen LogP contribution is 2.38. The monoisotopic (exact) mass is 335 g/mol. The number of fused-ring (bicyclic) bond motifs is 1. The number of carbonyl (C=O) groups excluding carboxylic acids is 2. The predicted molar refractivity (Wildman–Crippen MR) is 94.5 cm³/mol. The summed E-state index contributed by atoms with van der Waals surface area (Å²) in [5.74, 6) is -2.30. The Morgan fingerprint density at radius 3 is 2.56 bits per heavy atom. The van der Waals surface area contributed by atoms with Crippen LogP contribution in [0.1, 0.15) is 11.1 Å². The number of rotatable bonds is 6. The fraction of sp³-hybridized carbons (Fsp3) is 0.150. The van der Waals surface area contributed by atoms with Gasteiger partial charge in [0.2, 0.25) is 11.7 Å². The molecule has 0 radical (unpaired) electrons. The zero-order valence-electron chi connectivity index (χ0n) is 13.6. The molecule has 5 heteroatoms. The van der Waals surface area contributed by atoms with Crippen LogP contribution >= 0.6 is 0 Å². The second-order valence-corrected chi connectivity index (χ2v) is 5.84. The highest BCUT2D eigenvalue weighted by atomic mass is 16.4. The van der Waals surface area contributed by atoms with Crippen molar-refractivity contribution < 1.29 is 19.5 Å². The predicted octanol–water partition coefficient (Wildman–Crippen LogP) is 2.62. The summed E-state index contributed by atoms with van der Waals surface area (Å²) in [6.45, 7) is 4.13. The maximum Gasteiger partial charge on any atom is 0.372 e. The number of anilines is 1. The SMILES string of the molecule is C=CCN1C(=O)Cc2c(-c3ccccc3CC(=O)C(=O)O)cccc21. The van der Waals surface area contributed by atoms with Crippen LogP contribution in [-0.2, 0) is 27.2 Å². The van der Waals surface area contributed by atoms with Gasteiger partial charge in [0, 0.05) is 18.7 Å². The van der Waals surface area contributed by atoms with E-state index >= 15 is 0 Å². The Hall–Kier alpha value is -3.21. The number of aliphatic carboxylic acids is 1. The second-order valence-electron chi connectivity index (χ2n) is 5.84. The zero-order valence-corrected chi connectivity index (χ0v) is 13.6. The van der Waals surface area contributed by atoms with Gasteiger partial charge >= 0.3 is 5.97 Å². The van der Waals surface area contributed by atoms with Crippen LogP contribution in [0.25, 0.3) is 11.1 Å². The third kappa shape index (κ3) is 3.08. The van der Waals surface area contributed by atoms with Crippen molar-refractivity contribution in [3.8, 4) is 11.1 Å². The first-order valence-corrected chi connectivity index (χ1v) is 7.90. The molecule has 2 aromatic carbocycles. The molecule has 126 valence electrons. The van der Waals surface area contributed by atoms with E-state index < -0.39 is 11.8 Å². The summed E-state index contributed by atoms with van der Waals surface area (Å²) in [7, 11) is 0. The zero-order chi connectivity index (χ0) is 18.0. The van der Waals surface area contributed by atoms with Crippen molar-refractivity contribution in [2.75, 3.05) is 11.4 Å². The first kappa shape index (κ1) is 16.6. The fourth-order valence-electron chi connectivity index (χ4n) is 3.16. The average Bonchev–Trinajstić information content (AvgIpc) is 2.91. The van der Waals surface area contributed by atoms with E-state index in [1.807, 2.05) is 30.3 Å². The van der Waals surface area contributed by atoms with E-state index in [2.05, 4.69) is 6.58 Å². The van der Waals surface area contributed by atoms with Crippen molar-refractivity contribution in [2.45, 2.75) is 12.8 Å². The molecule has 0 saturated heterocycles. The summed E-state index contributed by atoms with van der Waals surface area (Å²) in [5, 5.41) is 8.88. The third-order valence-electron chi connectivity index (χ3n) is 4.28. The molecule has 0 bridgehead atoms. The number of carboxylic acids is 1. The maximum atomic E-state index is 12.3. The van der Waals surface area contributed by atoms with Crippen LogP contribution in [0, 0.1) is 0 Å². The van der Waals surface area contributed by atoms with Crippen LogP contribution in [0.2, 0.25) is 0 Å². The van der Waals surface area contributed by atoms with E-state index in [4.69, 9.17) is 5.11 Å². The minimum absolute atomic E-state index is 0.00134. The number of amides is 1. The first-order chi connectivity index (χ1) is 12.0. The number of Topliss-reactive ketones (excluding diaryl/α,β-unsaturated/α-hetero) is 1. The Bertz CT molecular complexity index is 885. The van der Waals surface area contributed by atoms with Gasteiger partial charge in [-0.05, 0) is 28.3 Å². The summed E-state index contributed by atoms with van der Waals surface area (Å²) in [4.78, 5) is 36.5. The largest absolute Gasteiger partial charge is 0.475 e. The molecular formula is C20H17NO4. The Kier molecular flexibility index (Phi) is 4.48. The smallest absolute Gasteiger partial charge is 0.372 e. The highest BCUT2D eigenvalue weighted by molar-refractivity contribution is 6.33. The molecular weight excluding hydrogens is 318 g/mol. The molecule has 0 fully saturated rings. The normalized spacial score (nSPS) is 12.8. The van der Waals surface area contributed by atoms with Gasteiger partial charge in [-0.3, -0.25) is 9.59 Å². The van der Waals surface area contributed by atoms with Gasteiger partial charge < -0.3 is 10.0 Å².